The van der Waals surface area contributed by atoms with Crippen LogP contribution in [0.5, 0.6) is 0 Å². The minimum Gasteiger partial charge on any atom is -0.480 e. The Hall–Kier alpha value is -2.37. The second kappa shape index (κ2) is 9.36. The van der Waals surface area contributed by atoms with Gasteiger partial charge >= 0.3 is 5.97 Å². The molecule has 5 nitrogen and oxygen atoms in total. The summed E-state index contributed by atoms with van der Waals surface area (Å²) >= 11 is 0. The van der Waals surface area contributed by atoms with Crippen molar-refractivity contribution in [1.82, 2.24) is 10.6 Å². The van der Waals surface area contributed by atoms with E-state index in [0.29, 0.717) is 0 Å². The Labute approximate surface area is 159 Å². The van der Waals surface area contributed by atoms with Crippen LogP contribution in [0.15, 0.2) is 60.7 Å². The van der Waals surface area contributed by atoms with E-state index in [-0.39, 0.29) is 24.4 Å². The van der Waals surface area contributed by atoms with Gasteiger partial charge in [-0.1, -0.05) is 60.7 Å². The minimum atomic E-state index is -1.04. The SMILES string of the molecule is Cl.O=C(O)C(NC(=O)[C@@H]1CCCN1)C(c1ccccc1)c1ccccc1. The summed E-state index contributed by atoms with van der Waals surface area (Å²) in [4.78, 5) is 24.5. The largest absolute Gasteiger partial charge is 0.480 e. The third-order valence-corrected chi connectivity index (χ3v) is 4.59. The first-order valence-corrected chi connectivity index (χ1v) is 8.53. The molecule has 1 saturated heterocycles. The first kappa shape index (κ1) is 19.9. The lowest BCUT2D eigenvalue weighted by atomic mass is 9.85. The summed E-state index contributed by atoms with van der Waals surface area (Å²) in [6, 6.07) is 17.5. The maximum absolute atomic E-state index is 12.5. The molecular weight excluding hydrogens is 352 g/mol. The lowest BCUT2D eigenvalue weighted by molar-refractivity contribution is -0.142. The molecule has 1 unspecified atom stereocenters. The Kier molecular flexibility index (Phi) is 7.18. The third kappa shape index (κ3) is 4.62. The maximum atomic E-state index is 12.5. The van der Waals surface area contributed by atoms with Gasteiger partial charge in [-0.15, -0.1) is 12.4 Å². The summed E-state index contributed by atoms with van der Waals surface area (Å²) in [6.45, 7) is 0.788. The van der Waals surface area contributed by atoms with E-state index in [1.807, 2.05) is 60.7 Å². The van der Waals surface area contributed by atoms with Crippen LogP contribution in [-0.4, -0.2) is 35.6 Å². The average molecular weight is 375 g/mol. The molecule has 2 atom stereocenters. The molecule has 0 saturated carbocycles. The Morgan fingerprint density at radius 1 is 1.00 bits per heavy atom. The first-order chi connectivity index (χ1) is 12.2. The Morgan fingerprint density at radius 3 is 1.96 bits per heavy atom. The summed E-state index contributed by atoms with van der Waals surface area (Å²) in [5.41, 5.74) is 1.72. The molecule has 0 spiro atoms. The van der Waals surface area contributed by atoms with Gasteiger partial charge < -0.3 is 15.7 Å². The molecule has 1 amide bonds. The minimum absolute atomic E-state index is 0. The molecule has 1 aliphatic rings. The summed E-state index contributed by atoms with van der Waals surface area (Å²) < 4.78 is 0. The highest BCUT2D eigenvalue weighted by Gasteiger charge is 2.34. The smallest absolute Gasteiger partial charge is 0.327 e. The molecule has 26 heavy (non-hydrogen) atoms. The summed E-state index contributed by atoms with van der Waals surface area (Å²) in [5, 5.41) is 15.7. The van der Waals surface area contributed by atoms with E-state index in [1.54, 1.807) is 0 Å². The van der Waals surface area contributed by atoms with Gasteiger partial charge in [0, 0.05) is 5.92 Å². The standard InChI is InChI=1S/C20H22N2O3.ClH/c23-19(16-12-7-13-21-16)22-18(20(24)25)17(14-8-3-1-4-9-14)15-10-5-2-6-11-15;/h1-6,8-11,16-18,21H,7,12-13H2,(H,22,23)(H,24,25);1H/t16-,18?;/m0./s1. The van der Waals surface area contributed by atoms with Crippen LogP contribution in [0.1, 0.15) is 29.9 Å². The van der Waals surface area contributed by atoms with Crippen molar-refractivity contribution in [2.24, 2.45) is 0 Å². The van der Waals surface area contributed by atoms with Crippen LogP contribution >= 0.6 is 12.4 Å². The third-order valence-electron chi connectivity index (χ3n) is 4.59. The number of carbonyl (C=O) groups excluding carboxylic acids is 1. The maximum Gasteiger partial charge on any atom is 0.327 e. The van der Waals surface area contributed by atoms with E-state index in [9.17, 15) is 14.7 Å². The second-order valence-corrected chi connectivity index (χ2v) is 6.27. The number of benzene rings is 2. The van der Waals surface area contributed by atoms with Crippen LogP contribution in [0, 0.1) is 0 Å². The van der Waals surface area contributed by atoms with Gasteiger partial charge in [-0.25, -0.2) is 4.79 Å². The van der Waals surface area contributed by atoms with Gasteiger partial charge in [-0.05, 0) is 30.5 Å². The van der Waals surface area contributed by atoms with Crippen molar-refractivity contribution >= 4 is 24.3 Å². The van der Waals surface area contributed by atoms with Crippen LogP contribution in [0.3, 0.4) is 0 Å². The fraction of sp³-hybridized carbons (Fsp3) is 0.300. The molecular formula is C20H23ClN2O3. The number of carboxylic acids is 1. The van der Waals surface area contributed by atoms with Gasteiger partial charge in [0.2, 0.25) is 5.91 Å². The normalized spacial score (nSPS) is 17.3. The second-order valence-electron chi connectivity index (χ2n) is 6.27. The van der Waals surface area contributed by atoms with Crippen molar-refractivity contribution in [3.05, 3.63) is 71.8 Å². The zero-order chi connectivity index (χ0) is 17.6. The fourth-order valence-corrected chi connectivity index (χ4v) is 3.35. The monoisotopic (exact) mass is 374 g/mol. The predicted octanol–water partition coefficient (Wildman–Crippen LogP) is 2.56. The number of carboxylic acid groups (broad SMARTS) is 1. The molecule has 1 fully saturated rings. The fourth-order valence-electron chi connectivity index (χ4n) is 3.35. The predicted molar refractivity (Wildman–Crippen MR) is 103 cm³/mol. The highest BCUT2D eigenvalue weighted by molar-refractivity contribution is 5.88. The number of amides is 1. The molecule has 0 bridgehead atoms. The van der Waals surface area contributed by atoms with E-state index in [2.05, 4.69) is 10.6 Å². The molecule has 2 aromatic rings. The van der Waals surface area contributed by atoms with Crippen molar-refractivity contribution in [3.8, 4) is 0 Å². The first-order valence-electron chi connectivity index (χ1n) is 8.53. The van der Waals surface area contributed by atoms with Gasteiger partial charge in [-0.3, -0.25) is 4.79 Å². The Morgan fingerprint density at radius 2 is 1.54 bits per heavy atom. The number of nitrogens with one attached hydrogen (secondary N) is 2. The van der Waals surface area contributed by atoms with Crippen molar-refractivity contribution in [3.63, 3.8) is 0 Å². The summed E-state index contributed by atoms with van der Waals surface area (Å²) in [5.74, 6) is -1.74. The molecule has 0 aliphatic carbocycles. The average Bonchev–Trinajstić information content (AvgIpc) is 3.17. The lowest BCUT2D eigenvalue weighted by Crippen LogP contribution is -2.50. The summed E-state index contributed by atoms with van der Waals surface area (Å²) in [7, 11) is 0. The van der Waals surface area contributed by atoms with Crippen LogP contribution < -0.4 is 10.6 Å². The van der Waals surface area contributed by atoms with E-state index < -0.39 is 17.9 Å². The van der Waals surface area contributed by atoms with Crippen LogP contribution in [0.25, 0.3) is 0 Å². The number of rotatable bonds is 6. The molecule has 1 aliphatic heterocycles. The van der Waals surface area contributed by atoms with E-state index >= 15 is 0 Å². The van der Waals surface area contributed by atoms with Crippen molar-refractivity contribution in [2.45, 2.75) is 30.8 Å². The van der Waals surface area contributed by atoms with Gasteiger partial charge in [0.1, 0.15) is 6.04 Å². The molecule has 1 heterocycles. The van der Waals surface area contributed by atoms with Gasteiger partial charge in [-0.2, -0.15) is 0 Å². The van der Waals surface area contributed by atoms with Crippen LogP contribution in [0.4, 0.5) is 0 Å². The molecule has 3 rings (SSSR count). The van der Waals surface area contributed by atoms with E-state index in [0.717, 1.165) is 30.5 Å². The summed E-state index contributed by atoms with van der Waals surface area (Å²) in [6.07, 6.45) is 1.66. The molecule has 138 valence electrons. The molecule has 2 aromatic carbocycles. The highest BCUT2D eigenvalue weighted by Crippen LogP contribution is 2.28. The number of halogens is 1. The van der Waals surface area contributed by atoms with Gasteiger partial charge in [0.15, 0.2) is 0 Å². The van der Waals surface area contributed by atoms with E-state index in [4.69, 9.17) is 0 Å². The molecule has 0 aromatic heterocycles. The van der Waals surface area contributed by atoms with Gasteiger partial charge in [0.25, 0.3) is 0 Å². The number of carbonyl (C=O) groups is 2. The molecule has 6 heteroatoms. The van der Waals surface area contributed by atoms with E-state index in [1.165, 1.54) is 0 Å². The highest BCUT2D eigenvalue weighted by atomic mass is 35.5. The molecule has 0 radical (unpaired) electrons. The van der Waals surface area contributed by atoms with Crippen molar-refractivity contribution < 1.29 is 14.7 Å². The van der Waals surface area contributed by atoms with Gasteiger partial charge in [0.05, 0.1) is 6.04 Å². The van der Waals surface area contributed by atoms with Crippen LogP contribution in [-0.2, 0) is 9.59 Å². The van der Waals surface area contributed by atoms with Crippen LogP contribution in [0.2, 0.25) is 0 Å². The number of aliphatic carboxylic acids is 1. The number of hydrogen-bond acceptors (Lipinski definition) is 3. The van der Waals surface area contributed by atoms with Crippen molar-refractivity contribution in [2.75, 3.05) is 6.54 Å². The number of hydrogen-bond donors (Lipinski definition) is 3. The Bertz CT molecular complexity index is 679. The quantitative estimate of drug-likeness (QED) is 0.726. The Balaban J connectivity index is 0.00000243. The zero-order valence-electron chi connectivity index (χ0n) is 14.3. The molecule has 3 N–H and O–H groups in total. The zero-order valence-corrected chi connectivity index (χ0v) is 15.1. The topological polar surface area (TPSA) is 78.4 Å². The van der Waals surface area contributed by atoms with Crippen molar-refractivity contribution in [1.29, 1.82) is 0 Å². The lowest BCUT2D eigenvalue weighted by Gasteiger charge is -2.27.